The van der Waals surface area contributed by atoms with Crippen molar-refractivity contribution >= 4 is 58.7 Å². The van der Waals surface area contributed by atoms with Crippen LogP contribution in [0.2, 0.25) is 0 Å². The molecule has 2 rings (SSSR count). The number of hydrogen-bond acceptors (Lipinski definition) is 1. The molecule has 0 aliphatic heterocycles. The zero-order valence-corrected chi connectivity index (χ0v) is 12.1. The molecule has 0 amide bonds. The van der Waals surface area contributed by atoms with E-state index in [9.17, 15) is 4.39 Å². The van der Waals surface area contributed by atoms with Crippen LogP contribution in [0.25, 0.3) is 10.9 Å². The first kappa shape index (κ1) is 11.5. The van der Waals surface area contributed by atoms with Crippen LogP contribution in [0.4, 0.5) is 4.39 Å². The van der Waals surface area contributed by atoms with Gasteiger partial charge in [0.05, 0.1) is 11.2 Å². The molecule has 2 aromatic rings. The van der Waals surface area contributed by atoms with Crippen LogP contribution in [0.3, 0.4) is 0 Å². The molecule has 0 atom stereocenters. The Balaban J connectivity index is 2.71. The Bertz CT molecular complexity index is 513. The summed E-state index contributed by atoms with van der Waals surface area (Å²) < 4.78 is 13.8. The number of hydrogen-bond donors (Lipinski definition) is 0. The zero-order chi connectivity index (χ0) is 11.0. The molecule has 15 heavy (non-hydrogen) atoms. The second-order valence-electron chi connectivity index (χ2n) is 3.00. The quantitative estimate of drug-likeness (QED) is 0.622. The van der Waals surface area contributed by atoms with Gasteiger partial charge < -0.3 is 0 Å². The molecule has 1 heterocycles. The van der Waals surface area contributed by atoms with Crippen LogP contribution in [-0.4, -0.2) is 4.98 Å². The molecule has 0 N–H and O–H groups in total. The first-order valence-corrected chi connectivity index (χ1v) is 6.74. The number of fused-ring (bicyclic) bond motifs is 1. The number of rotatable bonds is 1. The predicted molar refractivity (Wildman–Crippen MR) is 70.0 cm³/mol. The highest BCUT2D eigenvalue weighted by atomic mass is 79.9. The van der Waals surface area contributed by atoms with Crippen molar-refractivity contribution in [2.45, 2.75) is 3.74 Å². The predicted octanol–water partition coefficient (Wildman–Crippen LogP) is 4.92. The van der Waals surface area contributed by atoms with E-state index in [2.05, 4.69) is 52.8 Å². The average Bonchev–Trinajstić information content (AvgIpc) is 2.16. The average molecular weight is 398 g/mol. The van der Waals surface area contributed by atoms with Crippen molar-refractivity contribution in [3.05, 3.63) is 40.2 Å². The van der Waals surface area contributed by atoms with Crippen molar-refractivity contribution in [1.29, 1.82) is 0 Å². The first-order chi connectivity index (χ1) is 7.08. The van der Waals surface area contributed by atoms with Gasteiger partial charge in [0.2, 0.25) is 0 Å². The molecular formula is C10H5Br3FN. The van der Waals surface area contributed by atoms with E-state index >= 15 is 0 Å². The Morgan fingerprint density at radius 3 is 2.60 bits per heavy atom. The Hall–Kier alpha value is -0.000000000000000111. The SMILES string of the molecule is Fc1cc(Br)c2nc(C(Br)Br)ccc2c1. The Kier molecular flexibility index (Phi) is 3.42. The fraction of sp³-hybridized carbons (Fsp3) is 0.100. The van der Waals surface area contributed by atoms with Gasteiger partial charge in [-0.25, -0.2) is 9.37 Å². The molecule has 0 unspecified atom stereocenters. The van der Waals surface area contributed by atoms with Gasteiger partial charge in [-0.1, -0.05) is 37.9 Å². The van der Waals surface area contributed by atoms with Gasteiger partial charge in [0.15, 0.2) is 0 Å². The Labute approximate surface area is 111 Å². The third kappa shape index (κ3) is 2.40. The summed E-state index contributed by atoms with van der Waals surface area (Å²) >= 11 is 10.0. The van der Waals surface area contributed by atoms with Crippen LogP contribution in [-0.2, 0) is 0 Å². The lowest BCUT2D eigenvalue weighted by Gasteiger charge is -2.05. The molecule has 0 aliphatic rings. The third-order valence-corrected chi connectivity index (χ3v) is 3.50. The summed E-state index contributed by atoms with van der Waals surface area (Å²) in [5, 5.41) is 0.784. The van der Waals surface area contributed by atoms with E-state index in [-0.39, 0.29) is 9.55 Å². The van der Waals surface area contributed by atoms with E-state index in [4.69, 9.17) is 0 Å². The lowest BCUT2D eigenvalue weighted by Crippen LogP contribution is -1.90. The van der Waals surface area contributed by atoms with Crippen LogP contribution in [0, 0.1) is 5.82 Å². The monoisotopic (exact) mass is 395 g/mol. The number of benzene rings is 1. The van der Waals surface area contributed by atoms with Gasteiger partial charge in [-0.3, -0.25) is 0 Å². The fourth-order valence-electron chi connectivity index (χ4n) is 1.29. The second kappa shape index (κ2) is 4.47. The highest BCUT2D eigenvalue weighted by Crippen LogP contribution is 2.31. The highest BCUT2D eigenvalue weighted by Gasteiger charge is 2.08. The van der Waals surface area contributed by atoms with Gasteiger partial charge in [0.25, 0.3) is 0 Å². The van der Waals surface area contributed by atoms with Gasteiger partial charge in [0, 0.05) is 9.86 Å². The van der Waals surface area contributed by atoms with Gasteiger partial charge >= 0.3 is 0 Å². The maximum Gasteiger partial charge on any atom is 0.125 e. The summed E-state index contributed by atoms with van der Waals surface area (Å²) in [4.78, 5) is 4.41. The van der Waals surface area contributed by atoms with Crippen molar-refractivity contribution in [3.63, 3.8) is 0 Å². The smallest absolute Gasteiger partial charge is 0.125 e. The van der Waals surface area contributed by atoms with E-state index in [1.165, 1.54) is 12.1 Å². The minimum absolute atomic E-state index is 0.00588. The molecule has 0 spiro atoms. The minimum Gasteiger partial charge on any atom is -0.250 e. The van der Waals surface area contributed by atoms with Crippen LogP contribution in [0.5, 0.6) is 0 Å². The van der Waals surface area contributed by atoms with Crippen molar-refractivity contribution in [2.24, 2.45) is 0 Å². The lowest BCUT2D eigenvalue weighted by molar-refractivity contribution is 0.629. The van der Waals surface area contributed by atoms with Gasteiger partial charge in [-0.15, -0.1) is 0 Å². The number of aromatic nitrogens is 1. The molecule has 0 fully saturated rings. The van der Waals surface area contributed by atoms with Gasteiger partial charge in [0.1, 0.15) is 9.55 Å². The topological polar surface area (TPSA) is 12.9 Å². The molecule has 0 bridgehead atoms. The Morgan fingerprint density at radius 2 is 1.93 bits per heavy atom. The van der Waals surface area contributed by atoms with E-state index in [1.807, 2.05) is 12.1 Å². The molecule has 78 valence electrons. The standard InChI is InChI=1S/C10H5Br3FN/c11-7-4-6(14)3-5-1-2-8(10(12)13)15-9(5)7/h1-4,10H. The zero-order valence-electron chi connectivity index (χ0n) is 7.35. The summed E-state index contributed by atoms with van der Waals surface area (Å²) in [6.07, 6.45) is 0. The van der Waals surface area contributed by atoms with E-state index in [1.54, 1.807) is 0 Å². The van der Waals surface area contributed by atoms with Crippen molar-refractivity contribution < 1.29 is 4.39 Å². The molecular weight excluding hydrogens is 393 g/mol. The molecule has 5 heteroatoms. The van der Waals surface area contributed by atoms with Crippen LogP contribution in [0.15, 0.2) is 28.7 Å². The number of halogens is 4. The van der Waals surface area contributed by atoms with E-state index in [0.29, 0.717) is 4.47 Å². The summed E-state index contributed by atoms with van der Waals surface area (Å²) in [7, 11) is 0. The van der Waals surface area contributed by atoms with Crippen molar-refractivity contribution in [2.75, 3.05) is 0 Å². The summed E-state index contributed by atoms with van der Waals surface area (Å²) in [5.74, 6) is -0.266. The summed E-state index contributed by atoms with van der Waals surface area (Å²) in [6.45, 7) is 0. The van der Waals surface area contributed by atoms with E-state index in [0.717, 1.165) is 16.6 Å². The van der Waals surface area contributed by atoms with E-state index < -0.39 is 0 Å². The fourth-order valence-corrected chi connectivity index (χ4v) is 2.34. The van der Waals surface area contributed by atoms with Gasteiger partial charge in [-0.05, 0) is 34.1 Å². The molecule has 0 radical (unpaired) electrons. The van der Waals surface area contributed by atoms with Crippen LogP contribution >= 0.6 is 47.8 Å². The molecule has 0 aliphatic carbocycles. The number of pyridine rings is 1. The van der Waals surface area contributed by atoms with Crippen molar-refractivity contribution in [3.8, 4) is 0 Å². The largest absolute Gasteiger partial charge is 0.250 e. The molecule has 1 aromatic carbocycles. The molecule has 0 saturated carbocycles. The lowest BCUT2D eigenvalue weighted by atomic mass is 10.2. The van der Waals surface area contributed by atoms with Gasteiger partial charge in [-0.2, -0.15) is 0 Å². The van der Waals surface area contributed by atoms with Crippen LogP contribution < -0.4 is 0 Å². The molecule has 1 nitrogen and oxygen atoms in total. The van der Waals surface area contributed by atoms with Crippen LogP contribution in [0.1, 0.15) is 9.43 Å². The Morgan fingerprint density at radius 1 is 1.20 bits per heavy atom. The molecule has 1 aromatic heterocycles. The first-order valence-electron chi connectivity index (χ1n) is 4.12. The second-order valence-corrected chi connectivity index (χ2v) is 6.91. The molecule has 0 saturated heterocycles. The number of nitrogens with zero attached hydrogens (tertiary/aromatic N) is 1. The number of alkyl halides is 2. The third-order valence-electron chi connectivity index (χ3n) is 1.96. The maximum atomic E-state index is 13.1. The summed E-state index contributed by atoms with van der Waals surface area (Å²) in [6, 6.07) is 6.58. The minimum atomic E-state index is -0.266. The normalized spacial score (nSPS) is 11.3. The highest BCUT2D eigenvalue weighted by molar-refractivity contribution is 9.24. The maximum absolute atomic E-state index is 13.1. The van der Waals surface area contributed by atoms with Crippen molar-refractivity contribution in [1.82, 2.24) is 4.98 Å². The summed E-state index contributed by atoms with van der Waals surface area (Å²) in [5.41, 5.74) is 1.62.